The average molecular weight is 442 g/mol. The molecule has 1 N–H and O–H groups in total. The Balaban J connectivity index is 1.57. The molecule has 0 bridgehead atoms. The molecule has 1 fully saturated rings. The first-order valence-corrected chi connectivity index (χ1v) is 12.4. The number of hydrogen-bond acceptors (Lipinski definition) is 6. The van der Waals surface area contributed by atoms with Gasteiger partial charge in [-0.1, -0.05) is 6.07 Å². The predicted molar refractivity (Wildman–Crippen MR) is 123 cm³/mol. The van der Waals surface area contributed by atoms with E-state index in [4.69, 9.17) is 4.42 Å². The van der Waals surface area contributed by atoms with E-state index in [2.05, 4.69) is 39.7 Å². The molecule has 158 valence electrons. The van der Waals surface area contributed by atoms with Crippen molar-refractivity contribution in [3.8, 4) is 0 Å². The molecule has 3 aromatic heterocycles. The van der Waals surface area contributed by atoms with Gasteiger partial charge in [0.15, 0.2) is 5.76 Å². The summed E-state index contributed by atoms with van der Waals surface area (Å²) in [6.45, 7) is 4.22. The van der Waals surface area contributed by atoms with Gasteiger partial charge < -0.3 is 14.6 Å². The van der Waals surface area contributed by atoms with Crippen LogP contribution in [0, 0.1) is 0 Å². The number of rotatable bonds is 5. The lowest BCUT2D eigenvalue weighted by Crippen LogP contribution is -2.46. The molecular weight excluding hydrogens is 414 g/mol. The van der Waals surface area contributed by atoms with Crippen LogP contribution in [-0.4, -0.2) is 48.9 Å². The molecule has 4 heterocycles. The van der Waals surface area contributed by atoms with Crippen molar-refractivity contribution in [2.75, 3.05) is 38.5 Å². The SMILES string of the molecule is CN1CCN(C(c2cccs2)c2c(NC(=O)c3ccco3)sc3c2CCCC3)CC1. The summed E-state index contributed by atoms with van der Waals surface area (Å²) in [7, 11) is 2.19. The molecule has 0 saturated carbocycles. The standard InChI is InChI=1S/C23H27N3O2S2/c1-25-10-12-26(13-11-25)21(19-9-5-15-29-19)20-16-6-2-3-8-18(16)30-23(20)24-22(27)17-7-4-14-28-17/h4-5,7,9,14-15,21H,2-3,6,8,10-13H2,1H3,(H,24,27). The maximum Gasteiger partial charge on any atom is 0.291 e. The van der Waals surface area contributed by atoms with E-state index in [1.165, 1.54) is 33.7 Å². The van der Waals surface area contributed by atoms with Gasteiger partial charge in [0.2, 0.25) is 0 Å². The lowest BCUT2D eigenvalue weighted by molar-refractivity contribution is 0.0996. The van der Waals surface area contributed by atoms with Crippen LogP contribution < -0.4 is 5.32 Å². The predicted octanol–water partition coefficient (Wildman–Crippen LogP) is 4.87. The van der Waals surface area contributed by atoms with Gasteiger partial charge in [0.05, 0.1) is 12.3 Å². The summed E-state index contributed by atoms with van der Waals surface area (Å²) in [5.41, 5.74) is 2.79. The molecule has 1 unspecified atom stereocenters. The molecule has 0 radical (unpaired) electrons. The van der Waals surface area contributed by atoms with Gasteiger partial charge in [-0.05, 0) is 61.9 Å². The molecule has 1 aliphatic heterocycles. The van der Waals surface area contributed by atoms with Crippen molar-refractivity contribution in [1.29, 1.82) is 0 Å². The van der Waals surface area contributed by atoms with E-state index in [0.717, 1.165) is 44.0 Å². The Labute approximate surface area is 185 Å². The van der Waals surface area contributed by atoms with E-state index in [1.54, 1.807) is 29.7 Å². The van der Waals surface area contributed by atoms with E-state index >= 15 is 0 Å². The molecule has 3 aromatic rings. The van der Waals surface area contributed by atoms with Crippen molar-refractivity contribution in [2.45, 2.75) is 31.7 Å². The van der Waals surface area contributed by atoms with E-state index < -0.39 is 0 Å². The van der Waals surface area contributed by atoms with Crippen LogP contribution in [-0.2, 0) is 12.8 Å². The molecule has 1 aliphatic carbocycles. The minimum Gasteiger partial charge on any atom is -0.459 e. The zero-order chi connectivity index (χ0) is 20.5. The molecule has 2 aliphatic rings. The van der Waals surface area contributed by atoms with Gasteiger partial charge in [0.25, 0.3) is 5.91 Å². The number of fused-ring (bicyclic) bond motifs is 1. The highest BCUT2D eigenvalue weighted by Gasteiger charge is 2.34. The molecule has 1 amide bonds. The molecule has 5 nitrogen and oxygen atoms in total. The van der Waals surface area contributed by atoms with Gasteiger partial charge in [-0.2, -0.15) is 0 Å². The van der Waals surface area contributed by atoms with Crippen molar-refractivity contribution >= 4 is 33.6 Å². The number of aryl methyl sites for hydroxylation is 1. The Hall–Kier alpha value is -1.93. The Kier molecular flexibility index (Phi) is 5.78. The Bertz CT molecular complexity index is 986. The minimum absolute atomic E-state index is 0.164. The lowest BCUT2D eigenvalue weighted by atomic mass is 9.91. The minimum atomic E-state index is -0.164. The number of amides is 1. The fourth-order valence-corrected chi connectivity index (χ4v) is 6.76. The normalized spacial score (nSPS) is 18.8. The summed E-state index contributed by atoms with van der Waals surface area (Å²) in [5, 5.41) is 6.38. The number of thiophene rings is 2. The smallest absolute Gasteiger partial charge is 0.291 e. The molecule has 7 heteroatoms. The number of likely N-dealkylation sites (N-methyl/N-ethyl adjacent to an activating group) is 1. The third-order valence-corrected chi connectivity index (χ3v) is 8.32. The third kappa shape index (κ3) is 3.87. The number of hydrogen-bond donors (Lipinski definition) is 1. The molecule has 1 atom stereocenters. The fraction of sp³-hybridized carbons (Fsp3) is 0.435. The van der Waals surface area contributed by atoms with Crippen molar-refractivity contribution in [3.05, 3.63) is 62.6 Å². The molecule has 30 heavy (non-hydrogen) atoms. The number of furan rings is 1. The maximum atomic E-state index is 12.9. The topological polar surface area (TPSA) is 48.7 Å². The number of piperazine rings is 1. The van der Waals surface area contributed by atoms with Crippen LogP contribution in [0.4, 0.5) is 5.00 Å². The number of nitrogens with one attached hydrogen (secondary N) is 1. The highest BCUT2D eigenvalue weighted by atomic mass is 32.1. The molecule has 0 spiro atoms. The van der Waals surface area contributed by atoms with E-state index in [0.29, 0.717) is 5.76 Å². The van der Waals surface area contributed by atoms with E-state index in [9.17, 15) is 4.79 Å². The van der Waals surface area contributed by atoms with Crippen LogP contribution in [0.15, 0.2) is 40.3 Å². The number of carbonyl (C=O) groups excluding carboxylic acids is 1. The van der Waals surface area contributed by atoms with Gasteiger partial charge in [-0.15, -0.1) is 22.7 Å². The zero-order valence-electron chi connectivity index (χ0n) is 17.2. The molecular formula is C23H27N3O2S2. The van der Waals surface area contributed by atoms with Gasteiger partial charge in [0.1, 0.15) is 5.00 Å². The van der Waals surface area contributed by atoms with Crippen LogP contribution >= 0.6 is 22.7 Å². The van der Waals surface area contributed by atoms with Crippen LogP contribution in [0.3, 0.4) is 0 Å². The Morgan fingerprint density at radius 2 is 1.97 bits per heavy atom. The van der Waals surface area contributed by atoms with Gasteiger partial charge >= 0.3 is 0 Å². The second kappa shape index (κ2) is 8.67. The van der Waals surface area contributed by atoms with Crippen molar-refractivity contribution in [2.24, 2.45) is 0 Å². The third-order valence-electron chi connectivity index (χ3n) is 6.17. The second-order valence-corrected chi connectivity index (χ2v) is 10.2. The highest BCUT2D eigenvalue weighted by Crippen LogP contribution is 2.46. The summed E-state index contributed by atoms with van der Waals surface area (Å²) in [6.07, 6.45) is 6.23. The van der Waals surface area contributed by atoms with Crippen LogP contribution in [0.1, 0.15) is 50.3 Å². The molecule has 0 aromatic carbocycles. The Morgan fingerprint density at radius 3 is 2.70 bits per heavy atom. The number of anilines is 1. The number of carbonyl (C=O) groups is 1. The average Bonchev–Trinajstić information content (AvgIpc) is 3.52. The van der Waals surface area contributed by atoms with Crippen molar-refractivity contribution < 1.29 is 9.21 Å². The fourth-order valence-electron chi connectivity index (χ4n) is 4.58. The van der Waals surface area contributed by atoms with Crippen molar-refractivity contribution in [1.82, 2.24) is 9.80 Å². The van der Waals surface area contributed by atoms with Crippen LogP contribution in [0.2, 0.25) is 0 Å². The van der Waals surface area contributed by atoms with Crippen molar-refractivity contribution in [3.63, 3.8) is 0 Å². The second-order valence-electron chi connectivity index (χ2n) is 8.14. The summed E-state index contributed by atoms with van der Waals surface area (Å²) in [5.74, 6) is 0.197. The van der Waals surface area contributed by atoms with Crippen LogP contribution in [0.25, 0.3) is 0 Å². The highest BCUT2D eigenvalue weighted by molar-refractivity contribution is 7.16. The monoisotopic (exact) mass is 441 g/mol. The van der Waals surface area contributed by atoms with Gasteiger partial charge in [0, 0.05) is 41.5 Å². The summed E-state index contributed by atoms with van der Waals surface area (Å²) < 4.78 is 5.35. The first-order valence-electron chi connectivity index (χ1n) is 10.7. The summed E-state index contributed by atoms with van der Waals surface area (Å²) >= 11 is 3.59. The van der Waals surface area contributed by atoms with Gasteiger partial charge in [-0.3, -0.25) is 9.69 Å². The summed E-state index contributed by atoms with van der Waals surface area (Å²) in [6, 6.07) is 8.07. The van der Waals surface area contributed by atoms with E-state index in [-0.39, 0.29) is 11.9 Å². The van der Waals surface area contributed by atoms with Crippen LogP contribution in [0.5, 0.6) is 0 Å². The lowest BCUT2D eigenvalue weighted by Gasteiger charge is -2.38. The first kappa shape index (κ1) is 20.0. The first-order chi connectivity index (χ1) is 14.7. The number of nitrogens with zero attached hydrogens (tertiary/aromatic N) is 2. The quantitative estimate of drug-likeness (QED) is 0.614. The van der Waals surface area contributed by atoms with E-state index in [1.807, 2.05) is 11.3 Å². The summed E-state index contributed by atoms with van der Waals surface area (Å²) in [4.78, 5) is 20.7. The largest absolute Gasteiger partial charge is 0.459 e. The molecule has 5 rings (SSSR count). The molecule has 1 saturated heterocycles. The zero-order valence-corrected chi connectivity index (χ0v) is 18.9. The Morgan fingerprint density at radius 1 is 1.13 bits per heavy atom. The van der Waals surface area contributed by atoms with Gasteiger partial charge in [-0.25, -0.2) is 0 Å². The maximum absolute atomic E-state index is 12.9.